The van der Waals surface area contributed by atoms with Crippen molar-refractivity contribution in [2.75, 3.05) is 18.4 Å². The number of aromatic nitrogens is 1. The van der Waals surface area contributed by atoms with Crippen LogP contribution in [0.15, 0.2) is 42.5 Å². The number of imide groups is 1. The Balaban J connectivity index is 1.33. The van der Waals surface area contributed by atoms with Gasteiger partial charge in [-0.3, -0.25) is 19.3 Å². The number of ether oxygens (including phenoxy) is 1. The Bertz CT molecular complexity index is 1250. The number of anilines is 1. The van der Waals surface area contributed by atoms with Crippen molar-refractivity contribution in [2.24, 2.45) is 0 Å². The van der Waals surface area contributed by atoms with Crippen molar-refractivity contribution in [3.05, 3.63) is 58.7 Å². The third-order valence-electron chi connectivity index (χ3n) is 5.91. The van der Waals surface area contributed by atoms with Gasteiger partial charge in [0.1, 0.15) is 11.4 Å². The molecule has 1 atom stereocenters. The fourth-order valence-electron chi connectivity index (χ4n) is 4.26. The molecule has 2 aromatic carbocycles. The number of halogens is 1. The van der Waals surface area contributed by atoms with Crippen LogP contribution in [0.25, 0.3) is 10.9 Å². The first-order chi connectivity index (χ1) is 16.0. The predicted octanol–water partition coefficient (Wildman–Crippen LogP) is 3.46. The Kier molecular flexibility index (Phi) is 5.68. The number of rotatable bonds is 4. The number of para-hydroxylation sites is 1. The summed E-state index contributed by atoms with van der Waals surface area (Å²) in [6.45, 7) is 1.04. The van der Waals surface area contributed by atoms with Crippen molar-refractivity contribution < 1.29 is 19.1 Å². The summed E-state index contributed by atoms with van der Waals surface area (Å²) < 4.78 is 6.18. The first-order valence-corrected chi connectivity index (χ1v) is 11.3. The minimum absolute atomic E-state index is 0.0556. The van der Waals surface area contributed by atoms with Crippen molar-refractivity contribution >= 4 is 45.9 Å². The normalized spacial score (nSPS) is 17.8. The molecular weight excluding hydrogens is 444 g/mol. The number of hydrogen-bond donors (Lipinski definition) is 3. The molecule has 0 radical (unpaired) electrons. The summed E-state index contributed by atoms with van der Waals surface area (Å²) in [7, 11) is 0. The van der Waals surface area contributed by atoms with E-state index in [0.717, 1.165) is 16.6 Å². The third kappa shape index (κ3) is 4.39. The van der Waals surface area contributed by atoms with Gasteiger partial charge in [-0.2, -0.15) is 0 Å². The third-order valence-corrected chi connectivity index (χ3v) is 6.15. The van der Waals surface area contributed by atoms with Crippen LogP contribution < -0.4 is 15.4 Å². The number of H-pyrrole nitrogens is 1. The van der Waals surface area contributed by atoms with Crippen LogP contribution in [0.4, 0.5) is 5.69 Å². The summed E-state index contributed by atoms with van der Waals surface area (Å²) >= 11 is 6.04. The second-order valence-electron chi connectivity index (χ2n) is 8.22. The Labute approximate surface area is 195 Å². The topological polar surface area (TPSA) is 104 Å². The molecule has 8 nitrogen and oxygen atoms in total. The Hall–Kier alpha value is -3.52. The van der Waals surface area contributed by atoms with Gasteiger partial charge in [-0.05, 0) is 36.8 Å². The second kappa shape index (κ2) is 8.78. The van der Waals surface area contributed by atoms with Gasteiger partial charge in [-0.15, -0.1) is 0 Å². The number of carbonyl (C=O) groups is 3. The molecule has 33 heavy (non-hydrogen) atoms. The molecule has 0 aliphatic carbocycles. The number of fused-ring (bicyclic) bond motifs is 2. The van der Waals surface area contributed by atoms with Crippen LogP contribution in [0.5, 0.6) is 5.75 Å². The van der Waals surface area contributed by atoms with Crippen LogP contribution in [-0.4, -0.2) is 46.9 Å². The van der Waals surface area contributed by atoms with E-state index in [1.807, 2.05) is 24.3 Å². The molecule has 1 fully saturated rings. The summed E-state index contributed by atoms with van der Waals surface area (Å²) in [5.41, 5.74) is 2.65. The molecule has 3 aromatic rings. The van der Waals surface area contributed by atoms with Gasteiger partial charge < -0.3 is 20.4 Å². The molecule has 2 aliphatic rings. The van der Waals surface area contributed by atoms with E-state index in [4.69, 9.17) is 16.3 Å². The first kappa shape index (κ1) is 21.3. The predicted molar refractivity (Wildman–Crippen MR) is 124 cm³/mol. The zero-order valence-electron chi connectivity index (χ0n) is 17.8. The lowest BCUT2D eigenvalue weighted by Crippen LogP contribution is -2.39. The van der Waals surface area contributed by atoms with Gasteiger partial charge in [0, 0.05) is 47.4 Å². The largest absolute Gasteiger partial charge is 0.468 e. The highest BCUT2D eigenvalue weighted by Crippen LogP contribution is 2.33. The summed E-state index contributed by atoms with van der Waals surface area (Å²) in [5.74, 6) is -0.155. The van der Waals surface area contributed by atoms with E-state index in [9.17, 15) is 14.4 Å². The minimum atomic E-state index is -0.592. The van der Waals surface area contributed by atoms with Crippen molar-refractivity contribution in [2.45, 2.75) is 31.9 Å². The summed E-state index contributed by atoms with van der Waals surface area (Å²) in [4.78, 5) is 41.9. The second-order valence-corrected chi connectivity index (χ2v) is 8.66. The number of carbonyl (C=O) groups excluding carboxylic acids is 3. The zero-order valence-corrected chi connectivity index (χ0v) is 18.6. The standard InChI is InChI=1S/C24H23ClN4O4/c25-16-6-7-17-15(11-16)12-19(27-17)24(32)28-20-8-9-26-18-4-1-3-14(23(18)33-20)13-22(31)29-10-2-5-21(29)30/h1,3-4,6-7,11-12,20,26-27H,2,5,8-10,13H2,(H,28,32). The van der Waals surface area contributed by atoms with E-state index in [0.29, 0.717) is 54.4 Å². The molecule has 3 heterocycles. The molecule has 1 aromatic heterocycles. The SMILES string of the molecule is O=C(NC1CCNc2cccc(CC(=O)N3CCCC3=O)c2O1)c1cc2cc(Cl)ccc2[nH]1. The number of hydrogen-bond acceptors (Lipinski definition) is 5. The van der Waals surface area contributed by atoms with E-state index in [-0.39, 0.29) is 24.1 Å². The lowest BCUT2D eigenvalue weighted by Gasteiger charge is -2.21. The number of nitrogens with one attached hydrogen (secondary N) is 3. The molecular formula is C24H23ClN4O4. The van der Waals surface area contributed by atoms with Crippen LogP contribution in [0.1, 0.15) is 35.3 Å². The zero-order chi connectivity index (χ0) is 22.9. The molecule has 1 saturated heterocycles. The Morgan fingerprint density at radius 2 is 2.09 bits per heavy atom. The van der Waals surface area contributed by atoms with Crippen LogP contribution in [0.2, 0.25) is 5.02 Å². The Morgan fingerprint density at radius 3 is 2.91 bits per heavy atom. The van der Waals surface area contributed by atoms with Gasteiger partial charge in [0.15, 0.2) is 6.23 Å². The smallest absolute Gasteiger partial charge is 0.270 e. The average Bonchev–Trinajstić information content (AvgIpc) is 3.35. The van der Waals surface area contributed by atoms with E-state index in [1.165, 1.54) is 4.90 Å². The van der Waals surface area contributed by atoms with Gasteiger partial charge in [-0.1, -0.05) is 23.7 Å². The van der Waals surface area contributed by atoms with Gasteiger partial charge in [0.2, 0.25) is 11.8 Å². The van der Waals surface area contributed by atoms with E-state index in [2.05, 4.69) is 15.6 Å². The molecule has 9 heteroatoms. The maximum atomic E-state index is 12.9. The highest BCUT2D eigenvalue weighted by molar-refractivity contribution is 6.31. The molecule has 0 bridgehead atoms. The first-order valence-electron chi connectivity index (χ1n) is 10.9. The molecule has 0 saturated carbocycles. The van der Waals surface area contributed by atoms with E-state index < -0.39 is 6.23 Å². The lowest BCUT2D eigenvalue weighted by atomic mass is 10.1. The van der Waals surface area contributed by atoms with Crippen LogP contribution in [0, 0.1) is 0 Å². The van der Waals surface area contributed by atoms with Gasteiger partial charge >= 0.3 is 0 Å². The summed E-state index contributed by atoms with van der Waals surface area (Å²) in [6, 6.07) is 12.7. The summed E-state index contributed by atoms with van der Waals surface area (Å²) in [6.07, 6.45) is 1.10. The Morgan fingerprint density at radius 1 is 1.21 bits per heavy atom. The maximum absolute atomic E-state index is 12.9. The van der Waals surface area contributed by atoms with Gasteiger partial charge in [0.25, 0.3) is 5.91 Å². The minimum Gasteiger partial charge on any atom is -0.468 e. The molecule has 2 aliphatic heterocycles. The number of nitrogens with zero attached hydrogens (tertiary/aromatic N) is 1. The number of benzene rings is 2. The van der Waals surface area contributed by atoms with Crippen LogP contribution in [-0.2, 0) is 16.0 Å². The average molecular weight is 467 g/mol. The van der Waals surface area contributed by atoms with Crippen molar-refractivity contribution in [1.82, 2.24) is 15.2 Å². The van der Waals surface area contributed by atoms with Crippen LogP contribution in [0.3, 0.4) is 0 Å². The molecule has 0 spiro atoms. The van der Waals surface area contributed by atoms with E-state index >= 15 is 0 Å². The number of aromatic amines is 1. The number of amides is 3. The van der Waals surface area contributed by atoms with Crippen molar-refractivity contribution in [1.29, 1.82) is 0 Å². The highest BCUT2D eigenvalue weighted by Gasteiger charge is 2.28. The lowest BCUT2D eigenvalue weighted by molar-refractivity contribution is -0.141. The number of likely N-dealkylation sites (tertiary alicyclic amines) is 1. The highest BCUT2D eigenvalue weighted by atomic mass is 35.5. The molecule has 170 valence electrons. The maximum Gasteiger partial charge on any atom is 0.270 e. The molecule has 3 N–H and O–H groups in total. The van der Waals surface area contributed by atoms with E-state index in [1.54, 1.807) is 18.2 Å². The van der Waals surface area contributed by atoms with Gasteiger partial charge in [0.05, 0.1) is 12.1 Å². The fourth-order valence-corrected chi connectivity index (χ4v) is 4.44. The monoisotopic (exact) mass is 466 g/mol. The fraction of sp³-hybridized carbons (Fsp3) is 0.292. The quantitative estimate of drug-likeness (QED) is 0.546. The van der Waals surface area contributed by atoms with Crippen LogP contribution >= 0.6 is 11.6 Å². The summed E-state index contributed by atoms with van der Waals surface area (Å²) in [5, 5.41) is 7.66. The van der Waals surface area contributed by atoms with Crippen molar-refractivity contribution in [3.8, 4) is 5.75 Å². The molecule has 1 unspecified atom stereocenters. The van der Waals surface area contributed by atoms with Crippen molar-refractivity contribution in [3.63, 3.8) is 0 Å². The molecule has 5 rings (SSSR count). The van der Waals surface area contributed by atoms with Gasteiger partial charge in [-0.25, -0.2) is 0 Å². The molecule has 3 amide bonds.